The second-order valence-electron chi connectivity index (χ2n) is 4.17. The lowest BCUT2D eigenvalue weighted by molar-refractivity contribution is -0.122. The molecular formula is C10H21N3O. The van der Waals surface area contributed by atoms with Crippen LogP contribution < -0.4 is 16.0 Å². The highest BCUT2D eigenvalue weighted by molar-refractivity contribution is 5.80. The molecule has 0 spiro atoms. The van der Waals surface area contributed by atoms with Crippen LogP contribution in [0.5, 0.6) is 0 Å². The van der Waals surface area contributed by atoms with Gasteiger partial charge in [-0.05, 0) is 33.7 Å². The minimum Gasteiger partial charge on any atom is -0.356 e. The van der Waals surface area contributed by atoms with Gasteiger partial charge in [0.15, 0.2) is 0 Å². The topological polar surface area (TPSA) is 53.2 Å². The Morgan fingerprint density at radius 2 is 2.29 bits per heavy atom. The Bertz CT molecular complexity index is 194. The summed E-state index contributed by atoms with van der Waals surface area (Å²) >= 11 is 0. The summed E-state index contributed by atoms with van der Waals surface area (Å²) in [6, 6.07) is 0.442. The van der Waals surface area contributed by atoms with Gasteiger partial charge in [-0.2, -0.15) is 0 Å². The zero-order valence-corrected chi connectivity index (χ0v) is 9.26. The molecule has 1 heterocycles. The highest BCUT2D eigenvalue weighted by atomic mass is 16.2. The third-order valence-corrected chi connectivity index (χ3v) is 2.57. The van der Waals surface area contributed by atoms with Gasteiger partial charge in [0.25, 0.3) is 0 Å². The molecule has 1 saturated heterocycles. The van der Waals surface area contributed by atoms with E-state index in [2.05, 4.69) is 29.8 Å². The molecule has 4 heteroatoms. The van der Waals surface area contributed by atoms with Gasteiger partial charge in [-0.25, -0.2) is 0 Å². The Balaban J connectivity index is 2.35. The Morgan fingerprint density at radius 1 is 1.57 bits per heavy atom. The summed E-state index contributed by atoms with van der Waals surface area (Å²) in [5.74, 6) is 0.384. The zero-order valence-electron chi connectivity index (χ0n) is 9.26. The fourth-order valence-corrected chi connectivity index (χ4v) is 1.83. The Hall–Kier alpha value is -0.610. The lowest BCUT2D eigenvalue weighted by atomic mass is 10.0. The van der Waals surface area contributed by atoms with Crippen molar-refractivity contribution in [3.63, 3.8) is 0 Å². The van der Waals surface area contributed by atoms with Gasteiger partial charge < -0.3 is 10.6 Å². The first-order valence-electron chi connectivity index (χ1n) is 5.34. The second kappa shape index (κ2) is 5.32. The van der Waals surface area contributed by atoms with Gasteiger partial charge in [-0.15, -0.1) is 0 Å². The molecule has 2 atom stereocenters. The highest BCUT2D eigenvalue weighted by Gasteiger charge is 2.26. The van der Waals surface area contributed by atoms with Gasteiger partial charge in [0.2, 0.25) is 5.91 Å². The van der Waals surface area contributed by atoms with Gasteiger partial charge >= 0.3 is 0 Å². The van der Waals surface area contributed by atoms with Crippen LogP contribution in [0.2, 0.25) is 0 Å². The minimum absolute atomic E-state index is 0.179. The van der Waals surface area contributed by atoms with Crippen molar-refractivity contribution < 1.29 is 4.79 Å². The van der Waals surface area contributed by atoms with E-state index in [4.69, 9.17) is 0 Å². The maximum absolute atomic E-state index is 11.3. The fourth-order valence-electron chi connectivity index (χ4n) is 1.83. The monoisotopic (exact) mass is 199 g/mol. The van der Waals surface area contributed by atoms with E-state index >= 15 is 0 Å². The smallest absolute Gasteiger partial charge is 0.223 e. The van der Waals surface area contributed by atoms with Crippen molar-refractivity contribution in [3.05, 3.63) is 0 Å². The molecule has 0 aromatic rings. The van der Waals surface area contributed by atoms with Crippen molar-refractivity contribution in [2.75, 3.05) is 13.6 Å². The molecule has 1 amide bonds. The van der Waals surface area contributed by atoms with E-state index in [9.17, 15) is 4.79 Å². The molecule has 1 rings (SSSR count). The molecule has 4 nitrogen and oxygen atoms in total. The van der Waals surface area contributed by atoms with Crippen LogP contribution in [-0.4, -0.2) is 31.7 Å². The molecule has 82 valence electrons. The van der Waals surface area contributed by atoms with E-state index in [-0.39, 0.29) is 18.0 Å². The van der Waals surface area contributed by atoms with Crippen LogP contribution in [0.15, 0.2) is 0 Å². The lowest BCUT2D eigenvalue weighted by Crippen LogP contribution is -2.45. The third-order valence-electron chi connectivity index (χ3n) is 2.57. The average Bonchev–Trinajstić information content (AvgIpc) is 2.50. The average molecular weight is 199 g/mol. The second-order valence-corrected chi connectivity index (χ2v) is 4.17. The SMILES string of the molecule is CNC(CC1CCNC1=O)NC(C)C. The predicted octanol–water partition coefficient (Wildman–Crippen LogP) is 0.0561. The number of carbonyl (C=O) groups is 1. The molecule has 0 aromatic carbocycles. The molecule has 0 radical (unpaired) electrons. The molecule has 14 heavy (non-hydrogen) atoms. The molecule has 3 N–H and O–H groups in total. The van der Waals surface area contributed by atoms with Crippen molar-refractivity contribution in [3.8, 4) is 0 Å². The van der Waals surface area contributed by atoms with Crippen LogP contribution in [0.3, 0.4) is 0 Å². The van der Waals surface area contributed by atoms with Crippen molar-refractivity contribution in [2.24, 2.45) is 5.92 Å². The summed E-state index contributed by atoms with van der Waals surface area (Å²) in [6.07, 6.45) is 2.08. The first-order valence-corrected chi connectivity index (χ1v) is 5.34. The van der Waals surface area contributed by atoms with Crippen LogP contribution in [0, 0.1) is 5.92 Å². The first kappa shape index (κ1) is 11.5. The zero-order chi connectivity index (χ0) is 10.6. The number of hydrogen-bond acceptors (Lipinski definition) is 3. The lowest BCUT2D eigenvalue weighted by Gasteiger charge is -2.22. The largest absolute Gasteiger partial charge is 0.356 e. The van der Waals surface area contributed by atoms with E-state index in [1.807, 2.05) is 7.05 Å². The Morgan fingerprint density at radius 3 is 2.71 bits per heavy atom. The summed E-state index contributed by atoms with van der Waals surface area (Å²) in [6.45, 7) is 5.06. The van der Waals surface area contributed by atoms with Crippen LogP contribution in [0.1, 0.15) is 26.7 Å². The predicted molar refractivity (Wildman–Crippen MR) is 56.9 cm³/mol. The van der Waals surface area contributed by atoms with Crippen LogP contribution >= 0.6 is 0 Å². The maximum atomic E-state index is 11.3. The molecular weight excluding hydrogens is 178 g/mol. The van der Waals surface area contributed by atoms with Crippen LogP contribution in [0.25, 0.3) is 0 Å². The van der Waals surface area contributed by atoms with Crippen molar-refractivity contribution >= 4 is 5.91 Å². The molecule has 1 aliphatic heterocycles. The van der Waals surface area contributed by atoms with Gasteiger partial charge in [0.05, 0.1) is 6.17 Å². The molecule has 1 aliphatic rings. The van der Waals surface area contributed by atoms with Gasteiger partial charge in [0.1, 0.15) is 0 Å². The fraction of sp³-hybridized carbons (Fsp3) is 0.900. The molecule has 0 saturated carbocycles. The first-order chi connectivity index (χ1) is 6.63. The third kappa shape index (κ3) is 3.27. The van der Waals surface area contributed by atoms with Gasteiger partial charge in [0, 0.05) is 18.5 Å². The number of amides is 1. The summed E-state index contributed by atoms with van der Waals surface area (Å²) < 4.78 is 0. The van der Waals surface area contributed by atoms with E-state index in [1.54, 1.807) is 0 Å². The number of nitrogens with one attached hydrogen (secondary N) is 3. The van der Waals surface area contributed by atoms with Crippen molar-refractivity contribution in [2.45, 2.75) is 38.9 Å². The van der Waals surface area contributed by atoms with E-state index < -0.39 is 0 Å². The molecule has 1 fully saturated rings. The normalized spacial score (nSPS) is 24.0. The van der Waals surface area contributed by atoms with Gasteiger partial charge in [-0.3, -0.25) is 10.1 Å². The van der Waals surface area contributed by atoms with Crippen LogP contribution in [-0.2, 0) is 4.79 Å². The molecule has 0 bridgehead atoms. The Labute approximate surface area is 85.8 Å². The summed E-state index contributed by atoms with van der Waals surface area (Å²) in [4.78, 5) is 11.3. The van der Waals surface area contributed by atoms with Crippen molar-refractivity contribution in [1.29, 1.82) is 0 Å². The number of hydrogen-bond donors (Lipinski definition) is 3. The number of carbonyl (C=O) groups excluding carboxylic acids is 1. The van der Waals surface area contributed by atoms with Crippen molar-refractivity contribution in [1.82, 2.24) is 16.0 Å². The van der Waals surface area contributed by atoms with Gasteiger partial charge in [-0.1, -0.05) is 0 Å². The Kier molecular flexibility index (Phi) is 4.35. The maximum Gasteiger partial charge on any atom is 0.223 e. The quantitative estimate of drug-likeness (QED) is 0.549. The molecule has 0 aliphatic carbocycles. The summed E-state index contributed by atoms with van der Waals surface area (Å²) in [7, 11) is 1.92. The van der Waals surface area contributed by atoms with E-state index in [0.29, 0.717) is 6.04 Å². The molecule has 2 unspecified atom stereocenters. The summed E-state index contributed by atoms with van der Waals surface area (Å²) in [5, 5.41) is 9.43. The number of rotatable bonds is 5. The van der Waals surface area contributed by atoms with E-state index in [1.165, 1.54) is 0 Å². The highest BCUT2D eigenvalue weighted by Crippen LogP contribution is 2.15. The van der Waals surface area contributed by atoms with Crippen LogP contribution in [0.4, 0.5) is 0 Å². The standard InChI is InChI=1S/C10H21N3O/c1-7(2)13-9(11-3)6-8-4-5-12-10(8)14/h7-9,11,13H,4-6H2,1-3H3,(H,12,14). The summed E-state index contributed by atoms with van der Waals surface area (Å²) in [5.41, 5.74) is 0. The molecule has 0 aromatic heterocycles. The minimum atomic E-state index is 0.179. The van der Waals surface area contributed by atoms with E-state index in [0.717, 1.165) is 19.4 Å².